The van der Waals surface area contributed by atoms with E-state index in [9.17, 15) is 35.2 Å². The molecule has 0 aliphatic rings. The summed E-state index contributed by atoms with van der Waals surface area (Å²) in [7, 11) is -4.71. The maximum absolute atomic E-state index is 13.5. The molecule has 0 fully saturated rings. The highest BCUT2D eigenvalue weighted by atomic mass is 35.5. The van der Waals surface area contributed by atoms with Crippen molar-refractivity contribution in [3.63, 3.8) is 0 Å². The van der Waals surface area contributed by atoms with Crippen molar-refractivity contribution in [2.24, 2.45) is 0 Å². The summed E-state index contributed by atoms with van der Waals surface area (Å²) < 4.78 is 91.8. The van der Waals surface area contributed by atoms with Crippen LogP contribution in [-0.2, 0) is 21.0 Å². The molecule has 1 aromatic carbocycles. The predicted molar refractivity (Wildman–Crippen MR) is 107 cm³/mol. The molecular formula is C19H20ClF5N2O3S. The van der Waals surface area contributed by atoms with Gasteiger partial charge in [-0.2, -0.15) is 13.2 Å². The van der Waals surface area contributed by atoms with Gasteiger partial charge in [0.15, 0.2) is 0 Å². The van der Waals surface area contributed by atoms with E-state index in [1.165, 1.54) is 6.92 Å². The number of benzene rings is 1. The maximum atomic E-state index is 13.5. The monoisotopic (exact) mass is 486 g/mol. The first-order valence-corrected chi connectivity index (χ1v) is 10.6. The smallest absolute Gasteiger partial charge is 0.338 e. The summed E-state index contributed by atoms with van der Waals surface area (Å²) in [6.07, 6.45) is -3.90. The molecule has 0 unspecified atom stereocenters. The molecule has 0 bridgehead atoms. The van der Waals surface area contributed by atoms with Crippen molar-refractivity contribution >= 4 is 27.5 Å². The minimum Gasteiger partial charge on any atom is -0.338 e. The first kappa shape index (κ1) is 26.6. The van der Waals surface area contributed by atoms with E-state index in [2.05, 4.69) is 13.2 Å². The molecule has 31 heavy (non-hydrogen) atoms. The van der Waals surface area contributed by atoms with Gasteiger partial charge in [0, 0.05) is 19.4 Å². The zero-order chi connectivity index (χ0) is 24.0. The van der Waals surface area contributed by atoms with Crippen LogP contribution in [0.2, 0.25) is 0 Å². The second-order valence-electron chi connectivity index (χ2n) is 6.20. The van der Waals surface area contributed by atoms with Gasteiger partial charge in [0.05, 0.1) is 16.0 Å². The second kappa shape index (κ2) is 10.3. The normalized spacial score (nSPS) is 13.3. The van der Waals surface area contributed by atoms with Crippen molar-refractivity contribution in [1.82, 2.24) is 9.62 Å². The van der Waals surface area contributed by atoms with Gasteiger partial charge in [-0.3, -0.25) is 4.79 Å². The molecule has 0 heterocycles. The molecule has 12 heteroatoms. The summed E-state index contributed by atoms with van der Waals surface area (Å²) in [5, 5.41) is -0.436. The first-order valence-electron chi connectivity index (χ1n) is 8.72. The van der Waals surface area contributed by atoms with Crippen LogP contribution in [0.3, 0.4) is 0 Å². The number of rotatable bonds is 10. The van der Waals surface area contributed by atoms with Gasteiger partial charge in [-0.15, -0.1) is 0 Å². The van der Waals surface area contributed by atoms with E-state index < -0.39 is 62.1 Å². The summed E-state index contributed by atoms with van der Waals surface area (Å²) >= 11 is 6.05. The third kappa shape index (κ3) is 7.35. The van der Waals surface area contributed by atoms with Gasteiger partial charge in [0.2, 0.25) is 5.92 Å². The lowest BCUT2D eigenvalue weighted by molar-refractivity contribution is -0.137. The summed E-state index contributed by atoms with van der Waals surface area (Å²) in [5.74, 6) is -4.31. The van der Waals surface area contributed by atoms with Crippen molar-refractivity contribution in [3.8, 4) is 0 Å². The van der Waals surface area contributed by atoms with E-state index in [4.69, 9.17) is 11.6 Å². The number of alkyl halides is 5. The Morgan fingerprint density at radius 3 is 2.32 bits per heavy atom. The lowest BCUT2D eigenvalue weighted by Gasteiger charge is -2.23. The molecule has 1 amide bonds. The number of hydrogen-bond acceptors (Lipinski definition) is 4. The SMILES string of the molecule is C=C/C(C(=O)NS(=O)(=O)c1cccc(C(F)(F)F)c1)=C(/Cl)N(C=C)CCC(F)(F)CC. The van der Waals surface area contributed by atoms with Crippen LogP contribution >= 0.6 is 11.6 Å². The van der Waals surface area contributed by atoms with Gasteiger partial charge in [-0.25, -0.2) is 21.9 Å². The molecule has 172 valence electrons. The van der Waals surface area contributed by atoms with Gasteiger partial charge >= 0.3 is 6.18 Å². The number of amides is 1. The first-order chi connectivity index (χ1) is 14.2. The van der Waals surface area contributed by atoms with E-state index in [0.717, 1.165) is 29.3 Å². The Bertz CT molecular complexity index is 975. The number of hydrogen-bond donors (Lipinski definition) is 1. The second-order valence-corrected chi connectivity index (χ2v) is 8.24. The van der Waals surface area contributed by atoms with Crippen molar-refractivity contribution in [2.45, 2.75) is 36.8 Å². The van der Waals surface area contributed by atoms with Crippen LogP contribution in [0, 0.1) is 0 Å². The summed E-state index contributed by atoms with van der Waals surface area (Å²) in [6.45, 7) is 7.70. The number of carbonyl (C=O) groups excluding carboxylic acids is 1. The quantitative estimate of drug-likeness (QED) is 0.218. The summed E-state index contributed by atoms with van der Waals surface area (Å²) in [4.78, 5) is 12.6. The fourth-order valence-corrected chi connectivity index (χ4v) is 3.56. The molecule has 0 spiro atoms. The fourth-order valence-electron chi connectivity index (χ4n) is 2.23. The van der Waals surface area contributed by atoms with Crippen LogP contribution in [0.1, 0.15) is 25.3 Å². The number of halogens is 6. The Morgan fingerprint density at radius 2 is 1.84 bits per heavy atom. The molecule has 0 saturated heterocycles. The molecule has 0 saturated carbocycles. The number of carbonyl (C=O) groups is 1. The Kier molecular flexibility index (Phi) is 8.83. The number of sulfonamides is 1. The molecule has 0 aromatic heterocycles. The average Bonchev–Trinajstić information content (AvgIpc) is 2.68. The van der Waals surface area contributed by atoms with E-state index in [0.29, 0.717) is 12.1 Å². The van der Waals surface area contributed by atoms with E-state index in [1.807, 2.05) is 0 Å². The van der Waals surface area contributed by atoms with Crippen LogP contribution in [0.25, 0.3) is 0 Å². The molecule has 0 aliphatic carbocycles. The Morgan fingerprint density at radius 1 is 1.23 bits per heavy atom. The largest absolute Gasteiger partial charge is 0.416 e. The average molecular weight is 487 g/mol. The van der Waals surface area contributed by atoms with Crippen LogP contribution < -0.4 is 4.72 Å². The number of nitrogens with zero attached hydrogens (tertiary/aromatic N) is 1. The lowest BCUT2D eigenvalue weighted by atomic mass is 10.2. The third-order valence-corrected chi connectivity index (χ3v) is 5.83. The minimum absolute atomic E-state index is 0.339. The van der Waals surface area contributed by atoms with E-state index >= 15 is 0 Å². The molecule has 5 nitrogen and oxygen atoms in total. The fraction of sp³-hybridized carbons (Fsp3) is 0.316. The van der Waals surface area contributed by atoms with Crippen LogP contribution in [-0.4, -0.2) is 31.7 Å². The molecule has 1 aromatic rings. The topological polar surface area (TPSA) is 66.5 Å². The van der Waals surface area contributed by atoms with Gasteiger partial charge in [0.1, 0.15) is 5.16 Å². The highest BCUT2D eigenvalue weighted by Crippen LogP contribution is 2.30. The summed E-state index contributed by atoms with van der Waals surface area (Å²) in [5.41, 5.74) is -1.73. The molecular weight excluding hydrogens is 467 g/mol. The van der Waals surface area contributed by atoms with Crippen molar-refractivity contribution in [1.29, 1.82) is 0 Å². The molecule has 1 rings (SSSR count). The van der Waals surface area contributed by atoms with Gasteiger partial charge in [0.25, 0.3) is 15.9 Å². The highest BCUT2D eigenvalue weighted by Gasteiger charge is 2.32. The molecule has 0 atom stereocenters. The predicted octanol–water partition coefficient (Wildman–Crippen LogP) is 5.03. The van der Waals surface area contributed by atoms with Gasteiger partial charge in [-0.05, 0) is 24.4 Å². The minimum atomic E-state index is -4.80. The van der Waals surface area contributed by atoms with Crippen LogP contribution in [0.15, 0.2) is 65.3 Å². The maximum Gasteiger partial charge on any atom is 0.416 e. The Balaban J connectivity index is 3.18. The van der Waals surface area contributed by atoms with E-state index in [-0.39, 0.29) is 6.54 Å². The summed E-state index contributed by atoms with van der Waals surface area (Å²) in [6, 6.07) is 2.76. The van der Waals surface area contributed by atoms with Crippen molar-refractivity contribution < 1.29 is 35.2 Å². The standard InChI is InChI=1S/C19H20ClF5N2O3S/c1-4-15(16(20)27(6-3)11-10-18(21,22)5-2)17(28)26-31(29,30)14-9-7-8-13(12-14)19(23,24)25/h4,6-9,12H,1,3,5,10-11H2,2H3,(H,26,28)/b16-15+. The van der Waals surface area contributed by atoms with Crippen LogP contribution in [0.5, 0.6) is 0 Å². The molecule has 0 aliphatic heterocycles. The number of nitrogens with one attached hydrogen (secondary N) is 1. The van der Waals surface area contributed by atoms with Gasteiger partial charge in [-0.1, -0.05) is 43.8 Å². The zero-order valence-corrected chi connectivity index (χ0v) is 17.9. The molecule has 1 N–H and O–H groups in total. The highest BCUT2D eigenvalue weighted by molar-refractivity contribution is 7.90. The Hall–Kier alpha value is -2.40. The third-order valence-electron chi connectivity index (χ3n) is 4.08. The Labute approximate surface area is 181 Å². The molecule has 0 radical (unpaired) electrons. The van der Waals surface area contributed by atoms with E-state index in [1.54, 1.807) is 4.72 Å². The van der Waals surface area contributed by atoms with Gasteiger partial charge < -0.3 is 4.90 Å². The van der Waals surface area contributed by atoms with Crippen LogP contribution in [0.4, 0.5) is 22.0 Å². The lowest BCUT2D eigenvalue weighted by Crippen LogP contribution is -2.33. The van der Waals surface area contributed by atoms with Crippen molar-refractivity contribution in [3.05, 3.63) is 66.0 Å². The van der Waals surface area contributed by atoms with Crippen molar-refractivity contribution in [2.75, 3.05) is 6.54 Å². The zero-order valence-electron chi connectivity index (χ0n) is 16.3.